The predicted octanol–water partition coefficient (Wildman–Crippen LogP) is 3.03. The lowest BCUT2D eigenvalue weighted by molar-refractivity contribution is 0.0523. The molecule has 0 radical (unpaired) electrons. The van der Waals surface area contributed by atoms with Crippen LogP contribution in [0.5, 0.6) is 0 Å². The van der Waals surface area contributed by atoms with Crippen LogP contribution in [0.1, 0.15) is 37.0 Å². The summed E-state index contributed by atoms with van der Waals surface area (Å²) in [6.45, 7) is 4.27. The van der Waals surface area contributed by atoms with Gasteiger partial charge in [0, 0.05) is 12.1 Å². The molecule has 0 fully saturated rings. The van der Waals surface area contributed by atoms with Crippen LogP contribution in [0.25, 0.3) is 11.3 Å². The lowest BCUT2D eigenvalue weighted by Crippen LogP contribution is -2.30. The number of nitrogens with zero attached hydrogens (tertiary/aromatic N) is 2. The summed E-state index contributed by atoms with van der Waals surface area (Å²) in [7, 11) is 0. The number of hydrogen-bond acceptors (Lipinski definition) is 4. The van der Waals surface area contributed by atoms with Crippen LogP contribution in [-0.2, 0) is 11.3 Å². The molecule has 0 saturated carbocycles. The molecule has 6 heteroatoms. The second-order valence-corrected chi connectivity index (χ2v) is 5.05. The molecule has 0 spiro atoms. The lowest BCUT2D eigenvalue weighted by atomic mass is 10.1. The van der Waals surface area contributed by atoms with E-state index in [0.29, 0.717) is 17.8 Å². The van der Waals surface area contributed by atoms with Crippen molar-refractivity contribution in [2.24, 2.45) is 0 Å². The highest BCUT2D eigenvalue weighted by molar-refractivity contribution is 5.90. The van der Waals surface area contributed by atoms with Crippen molar-refractivity contribution in [1.29, 1.82) is 0 Å². The Labute approximate surface area is 133 Å². The van der Waals surface area contributed by atoms with Crippen molar-refractivity contribution < 1.29 is 13.9 Å². The maximum atomic E-state index is 13.1. The average Bonchev–Trinajstić information content (AvgIpc) is 2.55. The van der Waals surface area contributed by atoms with Crippen molar-refractivity contribution in [3.63, 3.8) is 0 Å². The Morgan fingerprint density at radius 3 is 2.57 bits per heavy atom. The van der Waals surface area contributed by atoms with E-state index in [9.17, 15) is 14.0 Å². The Balaban J connectivity index is 2.53. The molecule has 2 aromatic rings. The number of ether oxygens (including phenoxy) is 1. The molecule has 0 N–H and O–H groups in total. The predicted molar refractivity (Wildman–Crippen MR) is 84.8 cm³/mol. The van der Waals surface area contributed by atoms with E-state index in [-0.39, 0.29) is 18.0 Å². The van der Waals surface area contributed by atoms with Gasteiger partial charge >= 0.3 is 5.97 Å². The Kier molecular flexibility index (Phi) is 5.62. The lowest BCUT2D eigenvalue weighted by Gasteiger charge is -2.10. The summed E-state index contributed by atoms with van der Waals surface area (Å²) in [6, 6.07) is 7.13. The molecule has 1 aromatic carbocycles. The molecule has 1 heterocycles. The van der Waals surface area contributed by atoms with Gasteiger partial charge in [-0.1, -0.05) is 13.3 Å². The minimum absolute atomic E-state index is 0.0581. The number of unbranched alkanes of at least 4 members (excludes halogenated alkanes) is 1. The molecule has 0 saturated heterocycles. The fraction of sp³-hybridized carbons (Fsp3) is 0.353. The van der Waals surface area contributed by atoms with Crippen molar-refractivity contribution in [3.05, 3.63) is 52.1 Å². The van der Waals surface area contributed by atoms with Gasteiger partial charge in [0.25, 0.3) is 5.56 Å². The van der Waals surface area contributed by atoms with E-state index < -0.39 is 11.5 Å². The zero-order valence-electron chi connectivity index (χ0n) is 13.2. The Morgan fingerprint density at radius 2 is 1.96 bits per heavy atom. The summed E-state index contributed by atoms with van der Waals surface area (Å²) in [5.74, 6) is -1.04. The Bertz CT molecular complexity index is 738. The number of aromatic nitrogens is 2. The Hall–Kier alpha value is -2.50. The number of esters is 1. The first-order valence-corrected chi connectivity index (χ1v) is 7.62. The molecule has 0 aliphatic carbocycles. The molecule has 0 amide bonds. The van der Waals surface area contributed by atoms with Crippen molar-refractivity contribution in [2.45, 2.75) is 33.2 Å². The number of benzene rings is 1. The van der Waals surface area contributed by atoms with E-state index in [1.54, 1.807) is 19.1 Å². The zero-order chi connectivity index (χ0) is 16.8. The molecule has 5 nitrogen and oxygen atoms in total. The van der Waals surface area contributed by atoms with Crippen molar-refractivity contribution >= 4 is 5.97 Å². The van der Waals surface area contributed by atoms with Crippen LogP contribution in [0, 0.1) is 5.82 Å². The molecular weight excluding hydrogens is 299 g/mol. The third kappa shape index (κ3) is 4.03. The minimum atomic E-state index is -0.673. The van der Waals surface area contributed by atoms with Gasteiger partial charge in [-0.05, 0) is 43.7 Å². The smallest absolute Gasteiger partial charge is 0.343 e. The summed E-state index contributed by atoms with van der Waals surface area (Å²) >= 11 is 0. The van der Waals surface area contributed by atoms with E-state index in [1.807, 2.05) is 6.92 Å². The highest BCUT2D eigenvalue weighted by Gasteiger charge is 2.17. The van der Waals surface area contributed by atoms with Gasteiger partial charge in [0.1, 0.15) is 11.4 Å². The third-order valence-corrected chi connectivity index (χ3v) is 3.33. The second-order valence-electron chi connectivity index (χ2n) is 5.05. The number of halogens is 1. The summed E-state index contributed by atoms with van der Waals surface area (Å²) in [5.41, 5.74) is 0.533. The van der Waals surface area contributed by atoms with Crippen LogP contribution >= 0.6 is 0 Å². The van der Waals surface area contributed by atoms with Gasteiger partial charge in [-0.15, -0.1) is 0 Å². The van der Waals surface area contributed by atoms with Crippen LogP contribution in [0.2, 0.25) is 0 Å². The van der Waals surface area contributed by atoms with E-state index in [0.717, 1.165) is 12.8 Å². The number of carbonyl (C=O) groups excluding carboxylic acids is 1. The normalized spacial score (nSPS) is 10.6. The van der Waals surface area contributed by atoms with Gasteiger partial charge in [0.2, 0.25) is 0 Å². The standard InChI is InChI=1S/C17H19FN2O3/c1-3-5-10-20-16(21)14(17(22)23-4-2)11-15(19-20)12-6-8-13(18)9-7-12/h6-9,11H,3-5,10H2,1-2H3. The van der Waals surface area contributed by atoms with E-state index in [1.165, 1.54) is 22.9 Å². The molecule has 0 unspecified atom stereocenters. The summed E-state index contributed by atoms with van der Waals surface area (Å²) in [6.07, 6.45) is 1.66. The molecular formula is C17H19FN2O3. The largest absolute Gasteiger partial charge is 0.462 e. The fourth-order valence-corrected chi connectivity index (χ4v) is 2.12. The van der Waals surface area contributed by atoms with E-state index >= 15 is 0 Å². The fourth-order valence-electron chi connectivity index (χ4n) is 2.12. The molecule has 23 heavy (non-hydrogen) atoms. The van der Waals surface area contributed by atoms with Crippen LogP contribution in [0.4, 0.5) is 4.39 Å². The maximum Gasteiger partial charge on any atom is 0.343 e. The van der Waals surface area contributed by atoms with Crippen LogP contribution < -0.4 is 5.56 Å². The maximum absolute atomic E-state index is 13.1. The molecule has 0 aliphatic rings. The summed E-state index contributed by atoms with van der Waals surface area (Å²) in [4.78, 5) is 24.4. The second kappa shape index (κ2) is 7.67. The Morgan fingerprint density at radius 1 is 1.26 bits per heavy atom. The van der Waals surface area contributed by atoms with Gasteiger partial charge in [-0.2, -0.15) is 5.10 Å². The molecule has 2 rings (SSSR count). The first-order valence-electron chi connectivity index (χ1n) is 7.62. The monoisotopic (exact) mass is 318 g/mol. The van der Waals surface area contributed by atoms with Gasteiger partial charge < -0.3 is 4.74 Å². The zero-order valence-corrected chi connectivity index (χ0v) is 13.2. The van der Waals surface area contributed by atoms with Gasteiger partial charge in [-0.25, -0.2) is 13.9 Å². The minimum Gasteiger partial charge on any atom is -0.462 e. The highest BCUT2D eigenvalue weighted by Crippen LogP contribution is 2.17. The van der Waals surface area contributed by atoms with Crippen molar-refractivity contribution in [2.75, 3.05) is 6.61 Å². The number of rotatable bonds is 6. The molecule has 0 atom stereocenters. The summed E-state index contributed by atoms with van der Waals surface area (Å²) in [5, 5.41) is 4.29. The first-order chi connectivity index (χ1) is 11.1. The number of aryl methyl sites for hydroxylation is 1. The van der Waals surface area contributed by atoms with Crippen LogP contribution in [0.3, 0.4) is 0 Å². The highest BCUT2D eigenvalue weighted by atomic mass is 19.1. The first kappa shape index (κ1) is 16.9. The van der Waals surface area contributed by atoms with E-state index in [4.69, 9.17) is 4.74 Å². The summed E-state index contributed by atoms with van der Waals surface area (Å²) < 4.78 is 19.3. The number of carbonyl (C=O) groups is 1. The van der Waals surface area contributed by atoms with Crippen LogP contribution in [-0.4, -0.2) is 22.4 Å². The third-order valence-electron chi connectivity index (χ3n) is 3.33. The van der Waals surface area contributed by atoms with Gasteiger partial charge in [0.05, 0.1) is 12.3 Å². The molecule has 0 aliphatic heterocycles. The molecule has 0 bridgehead atoms. The van der Waals surface area contributed by atoms with Crippen LogP contribution in [0.15, 0.2) is 35.1 Å². The van der Waals surface area contributed by atoms with Gasteiger partial charge in [0.15, 0.2) is 0 Å². The van der Waals surface area contributed by atoms with Gasteiger partial charge in [-0.3, -0.25) is 4.79 Å². The average molecular weight is 318 g/mol. The topological polar surface area (TPSA) is 61.2 Å². The molecule has 1 aromatic heterocycles. The van der Waals surface area contributed by atoms with E-state index in [2.05, 4.69) is 5.10 Å². The SMILES string of the molecule is CCCCn1nc(-c2ccc(F)cc2)cc(C(=O)OCC)c1=O. The van der Waals surface area contributed by atoms with Crippen molar-refractivity contribution in [3.8, 4) is 11.3 Å². The van der Waals surface area contributed by atoms with Crippen molar-refractivity contribution in [1.82, 2.24) is 9.78 Å². The molecule has 122 valence electrons. The quantitative estimate of drug-likeness (QED) is 0.768. The number of hydrogen-bond donors (Lipinski definition) is 0.